The molecule has 1 amide bonds. The molecule has 1 heterocycles. The highest BCUT2D eigenvalue weighted by Gasteiger charge is 2.32. The molecule has 1 rings (SSSR count). The van der Waals surface area contributed by atoms with Gasteiger partial charge in [0.15, 0.2) is 0 Å². The fraction of sp³-hybridized carbons (Fsp3) is 0.952. The number of nitrogens with zero attached hydrogens (tertiary/aromatic N) is 2. The molecule has 272 valence electrons. The molecule has 46 heavy (non-hydrogen) atoms. The van der Waals surface area contributed by atoms with E-state index in [0.717, 1.165) is 25.9 Å². The molecular weight excluding hydrogens is 562 g/mol. The van der Waals surface area contributed by atoms with Crippen LogP contribution >= 0.6 is 0 Å². The van der Waals surface area contributed by atoms with Crippen molar-refractivity contribution in [2.24, 2.45) is 4.99 Å². The number of amidine groups is 1. The van der Waals surface area contributed by atoms with Gasteiger partial charge in [0.05, 0.1) is 6.54 Å². The van der Waals surface area contributed by atoms with Crippen molar-refractivity contribution in [1.29, 1.82) is 0 Å². The molecule has 4 heteroatoms. The van der Waals surface area contributed by atoms with Crippen LogP contribution in [0.1, 0.15) is 240 Å². The van der Waals surface area contributed by atoms with E-state index in [-0.39, 0.29) is 11.6 Å². The smallest absolute Gasteiger partial charge is 0.221 e. The maximum atomic E-state index is 12.8. The van der Waals surface area contributed by atoms with Gasteiger partial charge in [-0.3, -0.25) is 9.79 Å². The molecule has 0 aromatic heterocycles. The van der Waals surface area contributed by atoms with Crippen molar-refractivity contribution in [1.82, 2.24) is 10.2 Å². The van der Waals surface area contributed by atoms with Crippen molar-refractivity contribution in [2.75, 3.05) is 13.1 Å². The third-order valence-electron chi connectivity index (χ3n) is 10.3. The minimum absolute atomic E-state index is 0.202. The molecule has 0 atom stereocenters. The molecule has 0 fully saturated rings. The third-order valence-corrected chi connectivity index (χ3v) is 10.3. The molecule has 0 aromatic rings. The first-order valence-electron chi connectivity index (χ1n) is 21.1. The standard InChI is InChI=1S/C42H83N3O/c1-5-7-9-11-13-15-17-19-21-23-24-26-28-30-32-34-36-40-43-38-39-45(40)42(3,4)44-41(46)37-35-33-31-29-27-25-22-20-18-16-14-12-10-8-6-2/h5-39H2,1-4H3,(H,44,46). The highest BCUT2D eigenvalue weighted by atomic mass is 16.1. The molecule has 1 N–H and O–H groups in total. The predicted octanol–water partition coefficient (Wildman–Crippen LogP) is 13.5. The lowest BCUT2D eigenvalue weighted by molar-refractivity contribution is -0.124. The van der Waals surface area contributed by atoms with Crippen LogP contribution in [0.4, 0.5) is 0 Å². The van der Waals surface area contributed by atoms with E-state index in [1.807, 2.05) is 0 Å². The Kier molecular flexibility index (Phi) is 29.2. The lowest BCUT2D eigenvalue weighted by Crippen LogP contribution is -2.57. The summed E-state index contributed by atoms with van der Waals surface area (Å²) >= 11 is 0. The average molecular weight is 646 g/mol. The maximum Gasteiger partial charge on any atom is 0.221 e. The number of hydrogen-bond donors (Lipinski definition) is 1. The fourth-order valence-corrected chi connectivity index (χ4v) is 7.27. The number of unbranched alkanes of at least 4 members (excludes halogenated alkanes) is 29. The van der Waals surface area contributed by atoms with Crippen LogP contribution in [0.5, 0.6) is 0 Å². The second-order valence-corrected chi connectivity index (χ2v) is 15.3. The van der Waals surface area contributed by atoms with Crippen molar-refractivity contribution >= 4 is 11.7 Å². The number of amides is 1. The number of aliphatic imine (C=N–C) groups is 1. The first kappa shape index (κ1) is 43.0. The number of rotatable bonds is 35. The van der Waals surface area contributed by atoms with Crippen molar-refractivity contribution in [3.63, 3.8) is 0 Å². The number of nitrogens with one attached hydrogen (secondary N) is 1. The maximum absolute atomic E-state index is 12.8. The largest absolute Gasteiger partial charge is 0.336 e. The van der Waals surface area contributed by atoms with Gasteiger partial charge in [-0.2, -0.15) is 0 Å². The Morgan fingerprint density at radius 1 is 0.543 bits per heavy atom. The van der Waals surface area contributed by atoms with Gasteiger partial charge < -0.3 is 10.2 Å². The summed E-state index contributed by atoms with van der Waals surface area (Å²) in [7, 11) is 0. The molecular formula is C42H83N3O. The second kappa shape index (κ2) is 31.2. The Bertz CT molecular complexity index is 703. The SMILES string of the molecule is CCCCCCCCCCCCCCCCCCC1=NCCN1C(C)(C)NC(=O)CCCCCCCCCCCCCCCCC. The van der Waals surface area contributed by atoms with Crippen LogP contribution in [0.25, 0.3) is 0 Å². The summed E-state index contributed by atoms with van der Waals surface area (Å²) in [6.45, 7) is 10.7. The van der Waals surface area contributed by atoms with Crippen LogP contribution in [0, 0.1) is 0 Å². The van der Waals surface area contributed by atoms with Crippen LogP contribution in [0.2, 0.25) is 0 Å². The molecule has 0 saturated carbocycles. The average Bonchev–Trinajstić information content (AvgIpc) is 3.52. The van der Waals surface area contributed by atoms with Gasteiger partial charge >= 0.3 is 0 Å². The summed E-state index contributed by atoms with van der Waals surface area (Å²) < 4.78 is 0. The lowest BCUT2D eigenvalue weighted by Gasteiger charge is -2.38. The molecule has 4 nitrogen and oxygen atoms in total. The second-order valence-electron chi connectivity index (χ2n) is 15.3. The molecule has 0 radical (unpaired) electrons. The van der Waals surface area contributed by atoms with Crippen molar-refractivity contribution in [3.8, 4) is 0 Å². The lowest BCUT2D eigenvalue weighted by atomic mass is 10.0. The molecule has 0 unspecified atom stereocenters. The van der Waals surface area contributed by atoms with E-state index in [0.29, 0.717) is 6.42 Å². The van der Waals surface area contributed by atoms with E-state index < -0.39 is 0 Å². The minimum atomic E-state index is -0.350. The quantitative estimate of drug-likeness (QED) is 0.0697. The van der Waals surface area contributed by atoms with E-state index in [1.165, 1.54) is 198 Å². The van der Waals surface area contributed by atoms with Gasteiger partial charge in [-0.05, 0) is 26.7 Å². The fourth-order valence-electron chi connectivity index (χ4n) is 7.27. The molecule has 1 aliphatic rings. The van der Waals surface area contributed by atoms with Crippen molar-refractivity contribution < 1.29 is 4.79 Å². The predicted molar refractivity (Wildman–Crippen MR) is 205 cm³/mol. The third kappa shape index (κ3) is 25.0. The van der Waals surface area contributed by atoms with Crippen LogP contribution in [-0.2, 0) is 4.79 Å². The van der Waals surface area contributed by atoms with Gasteiger partial charge in [-0.25, -0.2) is 0 Å². The summed E-state index contributed by atoms with van der Waals surface area (Å²) in [5, 5.41) is 3.34. The van der Waals surface area contributed by atoms with Gasteiger partial charge in [0.1, 0.15) is 11.5 Å². The number of hydrogen-bond acceptors (Lipinski definition) is 3. The van der Waals surface area contributed by atoms with Gasteiger partial charge in [-0.15, -0.1) is 0 Å². The van der Waals surface area contributed by atoms with Gasteiger partial charge in [0.25, 0.3) is 0 Å². The highest BCUT2D eigenvalue weighted by molar-refractivity contribution is 5.85. The normalized spacial score (nSPS) is 13.5. The Hall–Kier alpha value is -1.06. The summed E-state index contributed by atoms with van der Waals surface area (Å²) in [6, 6.07) is 0. The summed E-state index contributed by atoms with van der Waals surface area (Å²) in [6.07, 6.45) is 44.5. The highest BCUT2D eigenvalue weighted by Crippen LogP contribution is 2.21. The molecule has 1 aliphatic heterocycles. The minimum Gasteiger partial charge on any atom is -0.336 e. The molecule has 0 aromatic carbocycles. The van der Waals surface area contributed by atoms with Gasteiger partial charge in [0.2, 0.25) is 5.91 Å². The summed E-state index contributed by atoms with van der Waals surface area (Å²) in [5.41, 5.74) is -0.350. The first-order valence-corrected chi connectivity index (χ1v) is 21.1. The van der Waals surface area contributed by atoms with Crippen LogP contribution in [0.15, 0.2) is 4.99 Å². The van der Waals surface area contributed by atoms with Crippen LogP contribution in [-0.4, -0.2) is 35.4 Å². The van der Waals surface area contributed by atoms with Crippen molar-refractivity contribution in [3.05, 3.63) is 0 Å². The van der Waals surface area contributed by atoms with E-state index in [2.05, 4.69) is 37.9 Å². The van der Waals surface area contributed by atoms with Gasteiger partial charge in [0, 0.05) is 19.4 Å². The Morgan fingerprint density at radius 2 is 0.870 bits per heavy atom. The first-order chi connectivity index (χ1) is 22.5. The summed E-state index contributed by atoms with van der Waals surface area (Å²) in [4.78, 5) is 20.0. The van der Waals surface area contributed by atoms with E-state index in [4.69, 9.17) is 4.99 Å². The van der Waals surface area contributed by atoms with Crippen LogP contribution in [0.3, 0.4) is 0 Å². The Balaban J connectivity index is 1.98. The Morgan fingerprint density at radius 3 is 1.24 bits per heavy atom. The van der Waals surface area contributed by atoms with Crippen molar-refractivity contribution in [2.45, 2.75) is 245 Å². The monoisotopic (exact) mass is 646 g/mol. The number of carbonyl (C=O) groups excluding carboxylic acids is 1. The molecule has 0 spiro atoms. The van der Waals surface area contributed by atoms with E-state index in [9.17, 15) is 4.79 Å². The number of carbonyl (C=O) groups is 1. The van der Waals surface area contributed by atoms with Gasteiger partial charge in [-0.1, -0.05) is 200 Å². The topological polar surface area (TPSA) is 44.7 Å². The zero-order valence-electron chi connectivity index (χ0n) is 32.1. The molecule has 0 aliphatic carbocycles. The van der Waals surface area contributed by atoms with E-state index >= 15 is 0 Å². The molecule has 0 saturated heterocycles. The zero-order valence-corrected chi connectivity index (χ0v) is 32.1. The van der Waals surface area contributed by atoms with Crippen LogP contribution < -0.4 is 5.32 Å². The van der Waals surface area contributed by atoms with E-state index in [1.54, 1.807) is 0 Å². The zero-order chi connectivity index (χ0) is 33.4. The Labute approximate surface area is 289 Å². The summed E-state index contributed by atoms with van der Waals surface area (Å²) in [5.74, 6) is 1.41. The molecule has 0 bridgehead atoms.